The SMILES string of the molecule is CCCNC(=O)C1CC1C(N)=O. The van der Waals surface area contributed by atoms with Crippen LogP contribution in [0.2, 0.25) is 0 Å². The Morgan fingerprint density at radius 1 is 1.50 bits per heavy atom. The second-order valence-corrected chi connectivity index (χ2v) is 3.14. The summed E-state index contributed by atoms with van der Waals surface area (Å²) in [5, 5.41) is 2.73. The van der Waals surface area contributed by atoms with Crippen LogP contribution in [-0.2, 0) is 9.59 Å². The molecule has 12 heavy (non-hydrogen) atoms. The van der Waals surface area contributed by atoms with E-state index in [4.69, 9.17) is 5.73 Å². The van der Waals surface area contributed by atoms with Crippen LogP contribution in [0.1, 0.15) is 19.8 Å². The van der Waals surface area contributed by atoms with Crippen LogP contribution >= 0.6 is 0 Å². The minimum atomic E-state index is -0.355. The summed E-state index contributed by atoms with van der Waals surface area (Å²) < 4.78 is 0. The van der Waals surface area contributed by atoms with E-state index in [1.807, 2.05) is 6.92 Å². The Morgan fingerprint density at radius 2 is 2.17 bits per heavy atom. The second kappa shape index (κ2) is 3.56. The molecule has 0 aromatic rings. The van der Waals surface area contributed by atoms with Crippen molar-refractivity contribution in [1.29, 1.82) is 0 Å². The molecule has 0 aromatic heterocycles. The molecule has 2 unspecified atom stereocenters. The highest BCUT2D eigenvalue weighted by molar-refractivity contribution is 5.91. The van der Waals surface area contributed by atoms with E-state index < -0.39 is 0 Å². The van der Waals surface area contributed by atoms with Crippen molar-refractivity contribution in [3.8, 4) is 0 Å². The van der Waals surface area contributed by atoms with E-state index in [9.17, 15) is 9.59 Å². The van der Waals surface area contributed by atoms with Crippen molar-refractivity contribution in [3.05, 3.63) is 0 Å². The summed E-state index contributed by atoms with van der Waals surface area (Å²) in [6.45, 7) is 2.67. The molecule has 1 saturated carbocycles. The average molecular weight is 170 g/mol. The lowest BCUT2D eigenvalue weighted by Crippen LogP contribution is -2.28. The van der Waals surface area contributed by atoms with Crippen LogP contribution in [0.4, 0.5) is 0 Å². The van der Waals surface area contributed by atoms with Gasteiger partial charge in [0.2, 0.25) is 11.8 Å². The lowest BCUT2D eigenvalue weighted by Gasteiger charge is -2.00. The van der Waals surface area contributed by atoms with Crippen molar-refractivity contribution >= 4 is 11.8 Å². The zero-order valence-electron chi connectivity index (χ0n) is 7.17. The lowest BCUT2D eigenvalue weighted by atomic mass is 10.3. The quantitative estimate of drug-likeness (QED) is 0.604. The Labute approximate surface area is 71.5 Å². The normalized spacial score (nSPS) is 26.4. The first-order chi connectivity index (χ1) is 5.66. The minimum Gasteiger partial charge on any atom is -0.369 e. The van der Waals surface area contributed by atoms with Gasteiger partial charge in [0, 0.05) is 6.54 Å². The van der Waals surface area contributed by atoms with Gasteiger partial charge in [-0.05, 0) is 12.8 Å². The largest absolute Gasteiger partial charge is 0.369 e. The third-order valence-corrected chi connectivity index (χ3v) is 2.04. The lowest BCUT2D eigenvalue weighted by molar-refractivity contribution is -0.125. The summed E-state index contributed by atoms with van der Waals surface area (Å²) in [5.41, 5.74) is 5.04. The number of nitrogens with one attached hydrogen (secondary N) is 1. The Kier molecular flexibility index (Phi) is 2.68. The maximum absolute atomic E-state index is 11.2. The van der Waals surface area contributed by atoms with Gasteiger partial charge in [0.1, 0.15) is 0 Å². The molecule has 1 rings (SSSR count). The fourth-order valence-corrected chi connectivity index (χ4v) is 1.18. The molecule has 2 atom stereocenters. The summed E-state index contributed by atoms with van der Waals surface area (Å²) in [6, 6.07) is 0. The number of amides is 2. The summed E-state index contributed by atoms with van der Waals surface area (Å²) in [7, 11) is 0. The predicted molar refractivity (Wildman–Crippen MR) is 44.1 cm³/mol. The molecule has 68 valence electrons. The van der Waals surface area contributed by atoms with Gasteiger partial charge in [0.05, 0.1) is 11.8 Å². The maximum atomic E-state index is 11.2. The molecule has 0 heterocycles. The fraction of sp³-hybridized carbons (Fsp3) is 0.750. The molecule has 4 nitrogen and oxygen atoms in total. The molecular formula is C8H14N2O2. The van der Waals surface area contributed by atoms with Gasteiger partial charge in [-0.2, -0.15) is 0 Å². The van der Waals surface area contributed by atoms with Gasteiger partial charge in [0.15, 0.2) is 0 Å². The monoisotopic (exact) mass is 170 g/mol. The van der Waals surface area contributed by atoms with E-state index in [0.717, 1.165) is 6.42 Å². The zero-order valence-corrected chi connectivity index (χ0v) is 7.17. The van der Waals surface area contributed by atoms with Gasteiger partial charge < -0.3 is 11.1 Å². The minimum absolute atomic E-state index is 0.0272. The zero-order chi connectivity index (χ0) is 9.14. The van der Waals surface area contributed by atoms with Gasteiger partial charge in [-0.3, -0.25) is 9.59 Å². The van der Waals surface area contributed by atoms with Crippen molar-refractivity contribution in [2.24, 2.45) is 17.6 Å². The first-order valence-corrected chi connectivity index (χ1v) is 4.23. The van der Waals surface area contributed by atoms with Gasteiger partial charge in [0.25, 0.3) is 0 Å². The van der Waals surface area contributed by atoms with Crippen molar-refractivity contribution in [3.63, 3.8) is 0 Å². The summed E-state index contributed by atoms with van der Waals surface area (Å²) in [6.07, 6.45) is 1.55. The summed E-state index contributed by atoms with van der Waals surface area (Å²) >= 11 is 0. The van der Waals surface area contributed by atoms with Crippen LogP contribution in [0.3, 0.4) is 0 Å². The van der Waals surface area contributed by atoms with E-state index in [1.165, 1.54) is 0 Å². The number of primary amides is 1. The molecule has 1 aliphatic carbocycles. The fourth-order valence-electron chi connectivity index (χ4n) is 1.18. The topological polar surface area (TPSA) is 72.2 Å². The first-order valence-electron chi connectivity index (χ1n) is 4.23. The Balaban J connectivity index is 2.24. The number of rotatable bonds is 4. The highest BCUT2D eigenvalue weighted by Gasteiger charge is 2.46. The highest BCUT2D eigenvalue weighted by Crippen LogP contribution is 2.37. The maximum Gasteiger partial charge on any atom is 0.223 e. The molecule has 0 aromatic carbocycles. The third-order valence-electron chi connectivity index (χ3n) is 2.04. The summed E-state index contributed by atoms with van der Waals surface area (Å²) in [5.74, 6) is -0.733. The Hall–Kier alpha value is -1.06. The van der Waals surface area contributed by atoms with Gasteiger partial charge in [-0.25, -0.2) is 0 Å². The highest BCUT2D eigenvalue weighted by atomic mass is 16.2. The van der Waals surface area contributed by atoms with Crippen LogP contribution in [0.5, 0.6) is 0 Å². The van der Waals surface area contributed by atoms with Gasteiger partial charge in [-0.1, -0.05) is 6.92 Å². The number of carbonyl (C=O) groups excluding carboxylic acids is 2. The van der Waals surface area contributed by atoms with E-state index in [0.29, 0.717) is 13.0 Å². The van der Waals surface area contributed by atoms with Crippen LogP contribution in [0.25, 0.3) is 0 Å². The first kappa shape index (κ1) is 9.03. The number of hydrogen-bond donors (Lipinski definition) is 2. The molecule has 0 radical (unpaired) electrons. The van der Waals surface area contributed by atoms with Gasteiger partial charge >= 0.3 is 0 Å². The molecule has 0 saturated heterocycles. The standard InChI is InChI=1S/C8H14N2O2/c1-2-3-10-8(12)6-4-5(6)7(9)11/h5-6H,2-4H2,1H3,(H2,9,11)(H,10,12). The Morgan fingerprint density at radius 3 is 2.58 bits per heavy atom. The van der Waals surface area contributed by atoms with Crippen LogP contribution in [0, 0.1) is 11.8 Å². The van der Waals surface area contributed by atoms with Crippen molar-refractivity contribution in [1.82, 2.24) is 5.32 Å². The van der Waals surface area contributed by atoms with Crippen LogP contribution in [0.15, 0.2) is 0 Å². The van der Waals surface area contributed by atoms with E-state index in [-0.39, 0.29) is 23.7 Å². The Bertz CT molecular complexity index is 203. The molecule has 4 heteroatoms. The molecule has 1 aliphatic rings. The number of carbonyl (C=O) groups is 2. The predicted octanol–water partition coefficient (Wildman–Crippen LogP) is -0.366. The number of nitrogens with two attached hydrogens (primary N) is 1. The molecule has 0 aliphatic heterocycles. The molecule has 0 spiro atoms. The smallest absolute Gasteiger partial charge is 0.223 e. The molecular weight excluding hydrogens is 156 g/mol. The second-order valence-electron chi connectivity index (χ2n) is 3.14. The number of hydrogen-bond acceptors (Lipinski definition) is 2. The van der Waals surface area contributed by atoms with Gasteiger partial charge in [-0.15, -0.1) is 0 Å². The van der Waals surface area contributed by atoms with Crippen molar-refractivity contribution < 1.29 is 9.59 Å². The van der Waals surface area contributed by atoms with E-state index in [2.05, 4.69) is 5.32 Å². The summed E-state index contributed by atoms with van der Waals surface area (Å²) in [4.78, 5) is 21.8. The molecule has 0 bridgehead atoms. The average Bonchev–Trinajstić information content (AvgIpc) is 2.78. The van der Waals surface area contributed by atoms with E-state index in [1.54, 1.807) is 0 Å². The molecule has 3 N–H and O–H groups in total. The molecule has 1 fully saturated rings. The third kappa shape index (κ3) is 1.96. The van der Waals surface area contributed by atoms with Crippen molar-refractivity contribution in [2.45, 2.75) is 19.8 Å². The van der Waals surface area contributed by atoms with Crippen LogP contribution in [-0.4, -0.2) is 18.4 Å². The van der Waals surface area contributed by atoms with E-state index >= 15 is 0 Å². The molecule has 2 amide bonds. The van der Waals surface area contributed by atoms with Crippen molar-refractivity contribution in [2.75, 3.05) is 6.54 Å². The van der Waals surface area contributed by atoms with Crippen LogP contribution < -0.4 is 11.1 Å².